The van der Waals surface area contributed by atoms with E-state index in [1.165, 1.54) is 12.8 Å². The first kappa shape index (κ1) is 12.8. The Labute approximate surface area is 104 Å². The minimum Gasteiger partial charge on any atom is -0.368 e. The molecule has 2 saturated carbocycles. The second kappa shape index (κ2) is 4.94. The second-order valence-corrected chi connectivity index (χ2v) is 5.78. The lowest BCUT2D eigenvalue weighted by molar-refractivity contribution is -0.126. The minimum atomic E-state index is -0.488. The van der Waals surface area contributed by atoms with E-state index in [-0.39, 0.29) is 5.91 Å². The second-order valence-electron chi connectivity index (χ2n) is 5.78. The molecule has 98 valence electrons. The van der Waals surface area contributed by atoms with Gasteiger partial charge in [-0.05, 0) is 51.1 Å². The summed E-state index contributed by atoms with van der Waals surface area (Å²) >= 11 is 0. The Morgan fingerprint density at radius 1 is 1.41 bits per heavy atom. The Bertz CT molecular complexity index is 286. The van der Waals surface area contributed by atoms with Gasteiger partial charge in [0.1, 0.15) is 5.54 Å². The molecule has 0 aromatic heterocycles. The molecule has 0 aromatic rings. The van der Waals surface area contributed by atoms with Gasteiger partial charge in [0.05, 0.1) is 0 Å². The van der Waals surface area contributed by atoms with E-state index in [4.69, 9.17) is 5.73 Å². The van der Waals surface area contributed by atoms with Gasteiger partial charge in [0.15, 0.2) is 0 Å². The van der Waals surface area contributed by atoms with Gasteiger partial charge in [-0.25, -0.2) is 0 Å². The van der Waals surface area contributed by atoms with Crippen molar-refractivity contribution >= 4 is 5.91 Å². The highest BCUT2D eigenvalue weighted by Crippen LogP contribution is 2.40. The van der Waals surface area contributed by atoms with Crippen LogP contribution in [0.4, 0.5) is 0 Å². The van der Waals surface area contributed by atoms with Crippen molar-refractivity contribution in [3.63, 3.8) is 0 Å². The van der Waals surface area contributed by atoms with Crippen molar-refractivity contribution in [3.05, 3.63) is 0 Å². The zero-order valence-electron chi connectivity index (χ0n) is 11.0. The molecule has 0 spiro atoms. The molecule has 1 amide bonds. The molecule has 2 rings (SSSR count). The number of hydrogen-bond acceptors (Lipinski definition) is 3. The standard InChI is InChI=1S/C13H25N3O/c1-3-15-13(12(14)17,11-6-7-11)9-16(2)8-10-4-5-10/h10-11,15H,3-9H2,1-2H3,(H2,14,17). The van der Waals surface area contributed by atoms with Crippen LogP contribution in [0.2, 0.25) is 0 Å². The summed E-state index contributed by atoms with van der Waals surface area (Å²) in [4.78, 5) is 14.1. The normalized spacial score (nSPS) is 23.7. The van der Waals surface area contributed by atoms with Crippen molar-refractivity contribution in [2.75, 3.05) is 26.7 Å². The van der Waals surface area contributed by atoms with Crippen molar-refractivity contribution in [2.45, 2.75) is 38.1 Å². The molecule has 2 aliphatic carbocycles. The van der Waals surface area contributed by atoms with Crippen molar-refractivity contribution in [3.8, 4) is 0 Å². The van der Waals surface area contributed by atoms with Gasteiger partial charge in [-0.15, -0.1) is 0 Å². The van der Waals surface area contributed by atoms with Gasteiger partial charge in [-0.2, -0.15) is 0 Å². The molecule has 0 bridgehead atoms. The van der Waals surface area contributed by atoms with Gasteiger partial charge < -0.3 is 16.0 Å². The van der Waals surface area contributed by atoms with Gasteiger partial charge in [-0.1, -0.05) is 6.92 Å². The minimum absolute atomic E-state index is 0.176. The lowest BCUT2D eigenvalue weighted by Crippen LogP contribution is -2.62. The van der Waals surface area contributed by atoms with Crippen LogP contribution in [0.1, 0.15) is 32.6 Å². The molecule has 1 unspecified atom stereocenters. The van der Waals surface area contributed by atoms with Crippen LogP contribution in [0, 0.1) is 11.8 Å². The number of nitrogens with one attached hydrogen (secondary N) is 1. The van der Waals surface area contributed by atoms with Gasteiger partial charge in [-0.3, -0.25) is 4.79 Å². The summed E-state index contributed by atoms with van der Waals surface area (Å²) in [6.07, 6.45) is 4.96. The maximum Gasteiger partial charge on any atom is 0.239 e. The zero-order chi connectivity index (χ0) is 12.5. The predicted octanol–water partition coefficient (Wildman–Crippen LogP) is 0.572. The number of likely N-dealkylation sites (N-methyl/N-ethyl adjacent to an activating group) is 2. The quantitative estimate of drug-likeness (QED) is 0.651. The average molecular weight is 239 g/mol. The third-order valence-corrected chi connectivity index (χ3v) is 3.99. The molecule has 4 nitrogen and oxygen atoms in total. The highest BCUT2D eigenvalue weighted by Gasteiger charge is 2.50. The number of amides is 1. The van der Waals surface area contributed by atoms with Crippen LogP contribution < -0.4 is 11.1 Å². The van der Waals surface area contributed by atoms with Crippen molar-refractivity contribution in [1.29, 1.82) is 0 Å². The maximum atomic E-state index is 11.9. The van der Waals surface area contributed by atoms with Crippen LogP contribution in [0.15, 0.2) is 0 Å². The molecule has 0 radical (unpaired) electrons. The average Bonchev–Trinajstić information content (AvgIpc) is 3.10. The number of rotatable bonds is 8. The van der Waals surface area contributed by atoms with Crippen LogP contribution in [0.25, 0.3) is 0 Å². The van der Waals surface area contributed by atoms with E-state index in [1.807, 2.05) is 6.92 Å². The van der Waals surface area contributed by atoms with Crippen LogP contribution in [0.3, 0.4) is 0 Å². The summed E-state index contributed by atoms with van der Waals surface area (Å²) in [5, 5.41) is 3.37. The number of primary amides is 1. The van der Waals surface area contributed by atoms with Gasteiger partial charge in [0, 0.05) is 13.1 Å². The monoisotopic (exact) mass is 239 g/mol. The lowest BCUT2D eigenvalue weighted by Gasteiger charge is -2.35. The van der Waals surface area contributed by atoms with Gasteiger partial charge >= 0.3 is 0 Å². The number of hydrogen-bond donors (Lipinski definition) is 2. The van der Waals surface area contributed by atoms with E-state index in [1.54, 1.807) is 0 Å². The fourth-order valence-electron chi connectivity index (χ4n) is 2.82. The van der Waals surface area contributed by atoms with Crippen LogP contribution >= 0.6 is 0 Å². The summed E-state index contributed by atoms with van der Waals surface area (Å²) in [6, 6.07) is 0. The first-order chi connectivity index (χ1) is 8.08. The zero-order valence-corrected chi connectivity index (χ0v) is 11.0. The molecule has 1 atom stereocenters. The SMILES string of the molecule is CCNC(CN(C)CC1CC1)(C(N)=O)C1CC1. The van der Waals surface area contributed by atoms with E-state index in [9.17, 15) is 4.79 Å². The van der Waals surface area contributed by atoms with E-state index in [0.29, 0.717) is 5.92 Å². The Hall–Kier alpha value is -0.610. The van der Waals surface area contributed by atoms with Crippen LogP contribution in [-0.4, -0.2) is 43.0 Å². The summed E-state index contributed by atoms with van der Waals surface area (Å²) < 4.78 is 0. The molecule has 0 aliphatic heterocycles. The Morgan fingerprint density at radius 3 is 2.47 bits per heavy atom. The summed E-state index contributed by atoms with van der Waals surface area (Å²) in [5.74, 6) is 1.12. The van der Waals surface area contributed by atoms with Crippen molar-refractivity contribution in [1.82, 2.24) is 10.2 Å². The number of carbonyl (C=O) groups is 1. The fraction of sp³-hybridized carbons (Fsp3) is 0.923. The number of nitrogens with two attached hydrogens (primary N) is 1. The van der Waals surface area contributed by atoms with Crippen LogP contribution in [0.5, 0.6) is 0 Å². The van der Waals surface area contributed by atoms with Gasteiger partial charge in [0.25, 0.3) is 0 Å². The molecule has 3 N–H and O–H groups in total. The largest absolute Gasteiger partial charge is 0.368 e. The van der Waals surface area contributed by atoms with E-state index >= 15 is 0 Å². The summed E-state index contributed by atoms with van der Waals surface area (Å²) in [6.45, 7) is 4.71. The van der Waals surface area contributed by atoms with Crippen molar-refractivity contribution in [2.24, 2.45) is 17.6 Å². The molecule has 0 heterocycles. The molecule has 0 saturated heterocycles. The topological polar surface area (TPSA) is 58.4 Å². The number of nitrogens with zero attached hydrogens (tertiary/aromatic N) is 1. The molecule has 2 fully saturated rings. The Morgan fingerprint density at radius 2 is 2.06 bits per heavy atom. The van der Waals surface area contributed by atoms with E-state index in [0.717, 1.165) is 38.4 Å². The van der Waals surface area contributed by atoms with E-state index < -0.39 is 5.54 Å². The number of carbonyl (C=O) groups excluding carboxylic acids is 1. The van der Waals surface area contributed by atoms with Gasteiger partial charge in [0.2, 0.25) is 5.91 Å². The molecule has 17 heavy (non-hydrogen) atoms. The van der Waals surface area contributed by atoms with E-state index in [2.05, 4.69) is 17.3 Å². The highest BCUT2D eigenvalue weighted by atomic mass is 16.1. The highest BCUT2D eigenvalue weighted by molar-refractivity contribution is 5.86. The summed E-state index contributed by atoms with van der Waals surface area (Å²) in [7, 11) is 2.11. The van der Waals surface area contributed by atoms with Crippen molar-refractivity contribution < 1.29 is 4.79 Å². The molecule has 2 aliphatic rings. The fourth-order valence-corrected chi connectivity index (χ4v) is 2.82. The Balaban J connectivity index is 1.99. The first-order valence-corrected chi connectivity index (χ1v) is 6.82. The third-order valence-electron chi connectivity index (χ3n) is 3.99. The first-order valence-electron chi connectivity index (χ1n) is 6.82. The molecular formula is C13H25N3O. The lowest BCUT2D eigenvalue weighted by atomic mass is 9.91. The third kappa shape index (κ3) is 2.99. The predicted molar refractivity (Wildman–Crippen MR) is 68.5 cm³/mol. The molecular weight excluding hydrogens is 214 g/mol. The Kier molecular flexibility index (Phi) is 3.73. The molecule has 4 heteroatoms. The summed E-state index contributed by atoms with van der Waals surface area (Å²) in [5.41, 5.74) is 5.18. The molecule has 0 aromatic carbocycles. The maximum absolute atomic E-state index is 11.9. The van der Waals surface area contributed by atoms with Crippen LogP contribution in [-0.2, 0) is 4.79 Å². The smallest absolute Gasteiger partial charge is 0.239 e.